The fraction of sp³-hybridized carbons (Fsp3) is 0.136. The van der Waals surface area contributed by atoms with Crippen molar-refractivity contribution in [2.24, 2.45) is 0 Å². The van der Waals surface area contributed by atoms with Crippen LogP contribution in [0.15, 0.2) is 134 Å². The summed E-state index contributed by atoms with van der Waals surface area (Å²) in [5.74, 6) is -0.966. The maximum Gasteiger partial charge on any atom is 0.343 e. The molecule has 0 radical (unpaired) electrons. The van der Waals surface area contributed by atoms with E-state index in [0.29, 0.717) is 67.4 Å². The molecule has 0 atom stereocenters. The molecule has 2 aromatic heterocycles. The molecule has 0 fully saturated rings. The molecular formula is C44H36N2O8S2. The van der Waals surface area contributed by atoms with Crippen molar-refractivity contribution in [1.82, 2.24) is 9.97 Å². The molecule has 6 aromatic rings. The second-order valence-corrected chi connectivity index (χ2v) is 14.7. The van der Waals surface area contributed by atoms with Gasteiger partial charge in [-0.25, -0.2) is 19.2 Å². The van der Waals surface area contributed by atoms with E-state index in [2.05, 4.69) is 9.97 Å². The second kappa shape index (κ2) is 19.4. The maximum absolute atomic E-state index is 13.2. The number of ether oxygens (including phenoxy) is 4. The SMILES string of the molecule is Cc1ncc(CSSCc2cnc(C)c(OC(=O)c3ccccc3)c2COC(=O)c2ccccc2)c(COC(=O)c2ccccc2)c1OC(=O)c1ccccc1. The molecule has 4 aromatic carbocycles. The van der Waals surface area contributed by atoms with Gasteiger partial charge in [-0.15, -0.1) is 0 Å². The fourth-order valence-electron chi connectivity index (χ4n) is 5.44. The third-order valence-electron chi connectivity index (χ3n) is 8.44. The normalized spacial score (nSPS) is 10.7. The van der Waals surface area contributed by atoms with E-state index >= 15 is 0 Å². The molecule has 56 heavy (non-hydrogen) atoms. The summed E-state index contributed by atoms with van der Waals surface area (Å²) in [7, 11) is 2.96. The Hall–Kier alpha value is -6.24. The van der Waals surface area contributed by atoms with Gasteiger partial charge in [0.05, 0.1) is 33.6 Å². The fourth-order valence-corrected chi connectivity index (χ4v) is 7.62. The van der Waals surface area contributed by atoms with E-state index in [9.17, 15) is 19.2 Å². The average molecular weight is 785 g/mol. The molecule has 0 saturated carbocycles. The summed E-state index contributed by atoms with van der Waals surface area (Å²) >= 11 is 0. The van der Waals surface area contributed by atoms with Crippen molar-refractivity contribution in [3.63, 3.8) is 0 Å². The molecule has 0 aliphatic rings. The van der Waals surface area contributed by atoms with Gasteiger partial charge in [-0.3, -0.25) is 9.97 Å². The summed E-state index contributed by atoms with van der Waals surface area (Å²) in [4.78, 5) is 61.3. The Balaban J connectivity index is 1.22. The monoisotopic (exact) mass is 784 g/mol. The molecule has 0 spiro atoms. The van der Waals surface area contributed by atoms with Crippen molar-refractivity contribution in [1.29, 1.82) is 0 Å². The predicted molar refractivity (Wildman–Crippen MR) is 214 cm³/mol. The van der Waals surface area contributed by atoms with Crippen LogP contribution in [0.4, 0.5) is 0 Å². The van der Waals surface area contributed by atoms with Gasteiger partial charge in [-0.05, 0) is 73.5 Å². The summed E-state index contributed by atoms with van der Waals surface area (Å²) in [6.07, 6.45) is 3.36. The lowest BCUT2D eigenvalue weighted by molar-refractivity contribution is 0.0457. The Morgan fingerprint density at radius 2 is 0.768 bits per heavy atom. The van der Waals surface area contributed by atoms with Gasteiger partial charge in [-0.2, -0.15) is 0 Å². The number of aromatic nitrogens is 2. The molecule has 0 saturated heterocycles. The Kier molecular flexibility index (Phi) is 13.7. The van der Waals surface area contributed by atoms with Crippen LogP contribution in [0, 0.1) is 13.8 Å². The third kappa shape index (κ3) is 10.3. The Morgan fingerprint density at radius 3 is 1.09 bits per heavy atom. The smallest absolute Gasteiger partial charge is 0.343 e. The summed E-state index contributed by atoms with van der Waals surface area (Å²) in [5.41, 5.74) is 4.83. The molecule has 0 bridgehead atoms. The van der Waals surface area contributed by atoms with Gasteiger partial charge in [0.2, 0.25) is 0 Å². The molecule has 0 aliphatic carbocycles. The lowest BCUT2D eigenvalue weighted by Crippen LogP contribution is -2.14. The average Bonchev–Trinajstić information content (AvgIpc) is 3.24. The van der Waals surface area contributed by atoms with E-state index < -0.39 is 23.9 Å². The number of aryl methyl sites for hydroxylation is 2. The summed E-state index contributed by atoms with van der Waals surface area (Å²) in [6.45, 7) is 3.12. The van der Waals surface area contributed by atoms with E-state index in [4.69, 9.17) is 18.9 Å². The van der Waals surface area contributed by atoms with Gasteiger partial charge in [0, 0.05) is 35.0 Å². The summed E-state index contributed by atoms with van der Waals surface area (Å²) < 4.78 is 23.3. The van der Waals surface area contributed by atoms with Crippen LogP contribution in [-0.4, -0.2) is 33.8 Å². The van der Waals surface area contributed by atoms with E-state index in [-0.39, 0.29) is 24.7 Å². The van der Waals surface area contributed by atoms with Crippen LogP contribution in [0.25, 0.3) is 0 Å². The molecule has 282 valence electrons. The zero-order chi connectivity index (χ0) is 39.3. The Morgan fingerprint density at radius 1 is 0.464 bits per heavy atom. The first-order valence-electron chi connectivity index (χ1n) is 17.5. The molecule has 10 nitrogen and oxygen atoms in total. The highest BCUT2D eigenvalue weighted by Crippen LogP contribution is 2.37. The topological polar surface area (TPSA) is 131 Å². The lowest BCUT2D eigenvalue weighted by atomic mass is 10.1. The van der Waals surface area contributed by atoms with Crippen molar-refractivity contribution in [2.75, 3.05) is 0 Å². The van der Waals surface area contributed by atoms with E-state index in [0.717, 1.165) is 0 Å². The second-order valence-electron chi connectivity index (χ2n) is 12.3. The van der Waals surface area contributed by atoms with Gasteiger partial charge in [0.1, 0.15) is 13.2 Å². The minimum absolute atomic E-state index is 0.163. The third-order valence-corrected chi connectivity index (χ3v) is 10.7. The number of benzene rings is 4. The number of nitrogens with zero attached hydrogens (tertiary/aromatic N) is 2. The van der Waals surface area contributed by atoms with Gasteiger partial charge in [0.25, 0.3) is 0 Å². The zero-order valence-electron chi connectivity index (χ0n) is 30.5. The number of rotatable bonds is 15. The first-order chi connectivity index (χ1) is 27.3. The quantitative estimate of drug-likeness (QED) is 0.0559. The zero-order valence-corrected chi connectivity index (χ0v) is 32.1. The molecule has 6 rings (SSSR count). The van der Waals surface area contributed by atoms with Gasteiger partial charge in [0.15, 0.2) is 11.5 Å². The number of hydrogen-bond donors (Lipinski definition) is 0. The highest BCUT2D eigenvalue weighted by molar-refractivity contribution is 8.76. The van der Waals surface area contributed by atoms with Crippen LogP contribution in [0.2, 0.25) is 0 Å². The van der Waals surface area contributed by atoms with Crippen LogP contribution in [0.1, 0.15) is 75.1 Å². The molecular weight excluding hydrogens is 749 g/mol. The van der Waals surface area contributed by atoms with E-state index in [1.54, 1.807) is 135 Å². The van der Waals surface area contributed by atoms with Crippen LogP contribution >= 0.6 is 21.6 Å². The Bertz CT molecular complexity index is 2140. The number of carbonyl (C=O) groups excluding carboxylic acids is 4. The maximum atomic E-state index is 13.2. The summed E-state index contributed by atoms with van der Waals surface area (Å²) in [6, 6.07) is 34.5. The molecule has 2 heterocycles. The molecule has 0 amide bonds. The molecule has 0 N–H and O–H groups in total. The lowest BCUT2D eigenvalue weighted by Gasteiger charge is -2.18. The predicted octanol–water partition coefficient (Wildman–Crippen LogP) is 9.33. The van der Waals surface area contributed by atoms with Gasteiger partial charge < -0.3 is 18.9 Å². The largest absolute Gasteiger partial charge is 0.457 e. The van der Waals surface area contributed by atoms with Crippen LogP contribution in [0.5, 0.6) is 11.5 Å². The van der Waals surface area contributed by atoms with Crippen LogP contribution < -0.4 is 9.47 Å². The van der Waals surface area contributed by atoms with Crippen molar-refractivity contribution >= 4 is 45.5 Å². The number of pyridine rings is 2. The minimum atomic E-state index is -0.568. The molecule has 0 aliphatic heterocycles. The van der Waals surface area contributed by atoms with Gasteiger partial charge >= 0.3 is 23.9 Å². The standard InChI is InChI=1S/C44H36N2O8S2/c1-29-39(53-43(49)33-19-11-5-12-20-33)37(25-51-41(47)31-15-7-3-8-16-31)35(23-45-29)27-55-56-28-36-24-46-30(2)40(54-44(50)34-21-13-6-14-22-34)38(36)26-52-42(48)32-17-9-4-10-18-32/h3-24H,25-28H2,1-2H3. The minimum Gasteiger partial charge on any atom is -0.457 e. The highest BCUT2D eigenvalue weighted by atomic mass is 33.1. The first kappa shape index (κ1) is 39.5. The molecule has 0 unspecified atom stereocenters. The van der Waals surface area contributed by atoms with Gasteiger partial charge in [-0.1, -0.05) is 94.4 Å². The number of esters is 4. The van der Waals surface area contributed by atoms with Crippen molar-refractivity contribution in [3.05, 3.63) is 190 Å². The highest BCUT2D eigenvalue weighted by Gasteiger charge is 2.23. The van der Waals surface area contributed by atoms with E-state index in [1.165, 1.54) is 21.6 Å². The van der Waals surface area contributed by atoms with Crippen LogP contribution in [-0.2, 0) is 34.2 Å². The molecule has 12 heteroatoms. The van der Waals surface area contributed by atoms with Crippen LogP contribution in [0.3, 0.4) is 0 Å². The summed E-state index contributed by atoms with van der Waals surface area (Å²) in [5, 5.41) is 0. The first-order valence-corrected chi connectivity index (χ1v) is 19.9. The number of carbonyl (C=O) groups is 4. The van der Waals surface area contributed by atoms with E-state index in [1.807, 2.05) is 12.1 Å². The van der Waals surface area contributed by atoms with Crippen molar-refractivity contribution in [2.45, 2.75) is 38.6 Å². The Labute approximate surface area is 332 Å². The van der Waals surface area contributed by atoms with Crippen molar-refractivity contribution in [3.8, 4) is 11.5 Å². The van der Waals surface area contributed by atoms with Crippen molar-refractivity contribution < 1.29 is 38.1 Å². The number of hydrogen-bond acceptors (Lipinski definition) is 12.